The van der Waals surface area contributed by atoms with E-state index in [2.05, 4.69) is 127 Å². The molecule has 12 rings (SSSR count). The summed E-state index contributed by atoms with van der Waals surface area (Å²) < 4.78 is 33.6. The van der Waals surface area contributed by atoms with Crippen molar-refractivity contribution in [2.75, 3.05) is 0 Å². The van der Waals surface area contributed by atoms with E-state index in [0.29, 0.717) is 16.0 Å². The Labute approximate surface area is 354 Å². The molecule has 10 aromatic rings. The predicted octanol–water partition coefficient (Wildman–Crippen LogP) is 13.4. The highest BCUT2D eigenvalue weighted by atomic mass is 32.2. The van der Waals surface area contributed by atoms with E-state index < -0.39 is 15.3 Å². The standard InChI is InChI=1S/C55H37N3O2S/c1-55(2)48-21-9-7-18-41(48)45-32-47-44-30-34(35-25-27-50-46(31-35)43-20-13-29-57-54(43)58(50)53-23-11-12-28-56-53)24-26-40(44)38-16-4-3-14-36(38)37-15-5-6-17-39(37)42-19-8-10-22-51(42)61(59,60)52(47)33-49(45)55/h3-33H,1-2H3. The Morgan fingerprint density at radius 1 is 0.426 bits per heavy atom. The maximum Gasteiger partial charge on any atom is 0.207 e. The van der Waals surface area contributed by atoms with Gasteiger partial charge < -0.3 is 0 Å². The third-order valence-corrected chi connectivity index (χ3v) is 14.8. The molecule has 7 aromatic carbocycles. The molecule has 0 atom stereocenters. The fourth-order valence-corrected chi connectivity index (χ4v) is 11.7. The van der Waals surface area contributed by atoms with Crippen LogP contribution >= 0.6 is 0 Å². The average molecular weight is 804 g/mol. The number of benzene rings is 7. The van der Waals surface area contributed by atoms with Gasteiger partial charge in [0.1, 0.15) is 11.5 Å². The van der Waals surface area contributed by atoms with Crippen molar-refractivity contribution < 1.29 is 8.42 Å². The van der Waals surface area contributed by atoms with E-state index in [1.165, 1.54) is 5.56 Å². The molecule has 0 radical (unpaired) electrons. The molecule has 0 bridgehead atoms. The van der Waals surface area contributed by atoms with Gasteiger partial charge in [-0.05, 0) is 127 Å². The molecule has 1 aliphatic carbocycles. The van der Waals surface area contributed by atoms with Crippen LogP contribution in [0.3, 0.4) is 0 Å². The van der Waals surface area contributed by atoms with Crippen LogP contribution in [-0.4, -0.2) is 23.0 Å². The predicted molar refractivity (Wildman–Crippen MR) is 247 cm³/mol. The minimum Gasteiger partial charge on any atom is -0.278 e. The number of hydrogen-bond acceptors (Lipinski definition) is 4. The van der Waals surface area contributed by atoms with Crippen LogP contribution in [0.15, 0.2) is 198 Å². The van der Waals surface area contributed by atoms with E-state index in [1.807, 2.05) is 72.9 Å². The zero-order valence-corrected chi connectivity index (χ0v) is 34.3. The summed E-state index contributed by atoms with van der Waals surface area (Å²) in [6.45, 7) is 4.40. The molecule has 3 aromatic heterocycles. The zero-order chi connectivity index (χ0) is 41.0. The first-order valence-electron chi connectivity index (χ1n) is 20.6. The van der Waals surface area contributed by atoms with E-state index in [4.69, 9.17) is 4.98 Å². The first-order chi connectivity index (χ1) is 29.8. The molecule has 0 unspecified atom stereocenters. The lowest BCUT2D eigenvalue weighted by Gasteiger charge is -2.24. The molecule has 1 aliphatic heterocycles. The van der Waals surface area contributed by atoms with Crippen LogP contribution in [0, 0.1) is 0 Å². The van der Waals surface area contributed by atoms with Crippen LogP contribution in [0.25, 0.3) is 94.5 Å². The summed E-state index contributed by atoms with van der Waals surface area (Å²) in [5, 5.41) is 2.08. The van der Waals surface area contributed by atoms with E-state index in [-0.39, 0.29) is 4.90 Å². The maximum absolute atomic E-state index is 15.8. The molecular weight excluding hydrogens is 767 g/mol. The molecule has 4 heterocycles. The van der Waals surface area contributed by atoms with Crippen molar-refractivity contribution in [2.45, 2.75) is 29.1 Å². The van der Waals surface area contributed by atoms with E-state index >= 15 is 8.42 Å². The van der Waals surface area contributed by atoms with Crippen molar-refractivity contribution in [1.82, 2.24) is 14.5 Å². The summed E-state index contributed by atoms with van der Waals surface area (Å²) in [6.07, 6.45) is 3.62. The van der Waals surface area contributed by atoms with Gasteiger partial charge in [0.2, 0.25) is 9.84 Å². The SMILES string of the molecule is CC1(C)c2ccccc2-c2cc3c(cc21)S(=O)(=O)c1ccccc1-c1ccccc1-c1ccccc1-c1ccc(-c2ccc4c(c2)c2cccnc2n4-c2ccccn2)cc1-3. The van der Waals surface area contributed by atoms with Crippen molar-refractivity contribution in [3.8, 4) is 72.6 Å². The second-order valence-electron chi connectivity index (χ2n) is 16.5. The topological polar surface area (TPSA) is 64.8 Å². The van der Waals surface area contributed by atoms with Crippen LogP contribution in [0.1, 0.15) is 25.0 Å². The Morgan fingerprint density at radius 3 is 1.77 bits per heavy atom. The summed E-state index contributed by atoms with van der Waals surface area (Å²) in [7, 11) is -4.12. The molecule has 0 saturated heterocycles. The lowest BCUT2D eigenvalue weighted by atomic mass is 9.81. The van der Waals surface area contributed by atoms with E-state index in [0.717, 1.165) is 89.0 Å². The highest BCUT2D eigenvalue weighted by Gasteiger charge is 2.39. The smallest absolute Gasteiger partial charge is 0.207 e. The first-order valence-corrected chi connectivity index (χ1v) is 22.0. The molecule has 6 heteroatoms. The van der Waals surface area contributed by atoms with Crippen molar-refractivity contribution in [3.05, 3.63) is 199 Å². The Balaban J connectivity index is 1.19. The Bertz CT molecular complexity index is 3590. The molecule has 0 fully saturated rings. The lowest BCUT2D eigenvalue weighted by molar-refractivity contribution is 0.596. The van der Waals surface area contributed by atoms with Crippen LogP contribution < -0.4 is 0 Å². The quantitative estimate of drug-likeness (QED) is 0.175. The zero-order valence-electron chi connectivity index (χ0n) is 33.5. The molecule has 290 valence electrons. The van der Waals surface area contributed by atoms with Gasteiger partial charge in [0.15, 0.2) is 0 Å². The largest absolute Gasteiger partial charge is 0.278 e. The van der Waals surface area contributed by atoms with Gasteiger partial charge in [0.25, 0.3) is 0 Å². The molecule has 0 spiro atoms. The first kappa shape index (κ1) is 35.5. The Kier molecular flexibility index (Phi) is 7.60. The van der Waals surface area contributed by atoms with Crippen molar-refractivity contribution in [1.29, 1.82) is 0 Å². The van der Waals surface area contributed by atoms with E-state index in [1.54, 1.807) is 12.3 Å². The van der Waals surface area contributed by atoms with Crippen LogP contribution in [-0.2, 0) is 15.3 Å². The highest BCUT2D eigenvalue weighted by Crippen LogP contribution is 2.54. The number of fused-ring (bicyclic) bond motifs is 15. The monoisotopic (exact) mass is 803 g/mol. The highest BCUT2D eigenvalue weighted by molar-refractivity contribution is 7.91. The molecule has 0 saturated carbocycles. The van der Waals surface area contributed by atoms with Crippen molar-refractivity contribution >= 4 is 31.8 Å². The van der Waals surface area contributed by atoms with Gasteiger partial charge in [-0.25, -0.2) is 18.4 Å². The number of nitrogens with zero attached hydrogens (tertiary/aromatic N) is 3. The van der Waals surface area contributed by atoms with Crippen LogP contribution in [0.4, 0.5) is 0 Å². The van der Waals surface area contributed by atoms with Crippen LogP contribution in [0.5, 0.6) is 0 Å². The second-order valence-corrected chi connectivity index (χ2v) is 18.4. The van der Waals surface area contributed by atoms with Crippen molar-refractivity contribution in [2.24, 2.45) is 0 Å². The number of hydrogen-bond donors (Lipinski definition) is 0. The maximum atomic E-state index is 15.8. The van der Waals surface area contributed by atoms with Crippen LogP contribution in [0.2, 0.25) is 0 Å². The summed E-state index contributed by atoms with van der Waals surface area (Å²) in [6, 6.07) is 59.8. The van der Waals surface area contributed by atoms with Crippen molar-refractivity contribution in [3.63, 3.8) is 0 Å². The summed E-state index contributed by atoms with van der Waals surface area (Å²) in [5.41, 5.74) is 14.9. The van der Waals surface area contributed by atoms with Gasteiger partial charge in [0.05, 0.1) is 15.3 Å². The van der Waals surface area contributed by atoms with Gasteiger partial charge in [-0.15, -0.1) is 0 Å². The van der Waals surface area contributed by atoms with E-state index in [9.17, 15) is 0 Å². The molecule has 61 heavy (non-hydrogen) atoms. The Hall–Kier alpha value is -7.41. The minimum absolute atomic E-state index is 0.289. The number of sulfone groups is 1. The number of aromatic nitrogens is 3. The van der Waals surface area contributed by atoms with Gasteiger partial charge in [-0.3, -0.25) is 4.57 Å². The second kappa shape index (κ2) is 13.0. The average Bonchev–Trinajstić information content (AvgIpc) is 3.75. The molecule has 0 amide bonds. The fraction of sp³-hybridized carbons (Fsp3) is 0.0545. The number of pyridine rings is 2. The molecule has 5 nitrogen and oxygen atoms in total. The fourth-order valence-electron chi connectivity index (χ4n) is 10.0. The molecule has 0 N–H and O–H groups in total. The lowest BCUT2D eigenvalue weighted by Crippen LogP contribution is -2.16. The molecule has 2 aliphatic rings. The molecular formula is C55H37N3O2S. The van der Waals surface area contributed by atoms with Gasteiger partial charge in [-0.1, -0.05) is 129 Å². The Morgan fingerprint density at radius 2 is 1.03 bits per heavy atom. The van der Waals surface area contributed by atoms with Gasteiger partial charge in [0, 0.05) is 39.7 Å². The third kappa shape index (κ3) is 5.15. The third-order valence-electron chi connectivity index (χ3n) is 12.9. The van der Waals surface area contributed by atoms with Gasteiger partial charge >= 0.3 is 0 Å². The minimum atomic E-state index is -4.12. The van der Waals surface area contributed by atoms with Gasteiger partial charge in [-0.2, -0.15) is 0 Å². The normalized spacial score (nSPS) is 14.1. The summed E-state index contributed by atoms with van der Waals surface area (Å²) in [5.74, 6) is 0.801. The summed E-state index contributed by atoms with van der Waals surface area (Å²) >= 11 is 0. The number of rotatable bonds is 2. The summed E-state index contributed by atoms with van der Waals surface area (Å²) in [4.78, 5) is 10.1.